The minimum Gasteiger partial charge on any atom is -0.469 e. The Kier molecular flexibility index (Phi) is 6.88. The van der Waals surface area contributed by atoms with Gasteiger partial charge in [-0.15, -0.1) is 0 Å². The molecule has 252 valence electrons. The van der Waals surface area contributed by atoms with Crippen molar-refractivity contribution in [3.05, 3.63) is 156 Å². The summed E-state index contributed by atoms with van der Waals surface area (Å²) >= 11 is 0. The number of fused-ring (bicyclic) bond motifs is 12. The van der Waals surface area contributed by atoms with Gasteiger partial charge in [0.05, 0.1) is 29.5 Å². The highest BCUT2D eigenvalue weighted by Gasteiger charge is 2.54. The molecule has 2 aliphatic carbocycles. The third-order valence-electron chi connectivity index (χ3n) is 12.1. The molecule has 4 heteroatoms. The zero-order valence-corrected chi connectivity index (χ0v) is 29.4. The van der Waals surface area contributed by atoms with Crippen molar-refractivity contribution >= 4 is 49.3 Å². The molecule has 0 saturated carbocycles. The summed E-state index contributed by atoms with van der Waals surface area (Å²) in [6.07, 6.45) is 3.58. The number of hydrogen-bond donors (Lipinski definition) is 0. The number of carbonyl (C=O) groups excluding carboxylic acids is 1. The van der Waals surface area contributed by atoms with E-state index in [2.05, 4.69) is 140 Å². The van der Waals surface area contributed by atoms with Crippen LogP contribution in [0.3, 0.4) is 0 Å². The van der Waals surface area contributed by atoms with E-state index in [-0.39, 0.29) is 5.97 Å². The number of hydrogen-bond acceptors (Lipinski definition) is 4. The first-order valence-electron chi connectivity index (χ1n) is 18.5. The third kappa shape index (κ3) is 4.30. The summed E-state index contributed by atoms with van der Waals surface area (Å²) < 4.78 is 5.36. The van der Waals surface area contributed by atoms with E-state index in [1.54, 1.807) is 0 Å². The smallest absolute Gasteiger partial charge is 0.305 e. The molecule has 52 heavy (non-hydrogen) atoms. The van der Waals surface area contributed by atoms with Crippen LogP contribution in [0.25, 0.3) is 65.9 Å². The van der Waals surface area contributed by atoms with E-state index < -0.39 is 10.8 Å². The molecule has 2 aromatic heterocycles. The molecule has 0 aliphatic heterocycles. The predicted octanol–water partition coefficient (Wildman–Crippen LogP) is 11.5. The molecule has 0 N–H and O–H groups in total. The Labute approximate surface area is 303 Å². The summed E-state index contributed by atoms with van der Waals surface area (Å²) in [6, 6.07) is 48.4. The van der Waals surface area contributed by atoms with E-state index in [1.165, 1.54) is 62.0 Å². The average Bonchev–Trinajstić information content (AvgIpc) is 3.61. The fourth-order valence-electron chi connectivity index (χ4n) is 9.94. The van der Waals surface area contributed by atoms with Gasteiger partial charge in [0.2, 0.25) is 0 Å². The molecular formula is C48H38N2O2. The van der Waals surface area contributed by atoms with Crippen LogP contribution < -0.4 is 0 Å². The maximum Gasteiger partial charge on any atom is 0.305 e. The molecule has 2 unspecified atom stereocenters. The molecule has 4 nitrogen and oxygen atoms in total. The molecule has 8 aromatic rings. The highest BCUT2D eigenvalue weighted by atomic mass is 16.5. The number of rotatable bonds is 7. The first kappa shape index (κ1) is 30.9. The normalized spacial score (nSPS) is 18.4. The summed E-state index contributed by atoms with van der Waals surface area (Å²) in [5, 5.41) is 7.09. The number of methoxy groups -OCH3 is 1. The number of para-hydroxylation sites is 2. The lowest BCUT2D eigenvalue weighted by Gasteiger charge is -2.42. The van der Waals surface area contributed by atoms with Crippen molar-refractivity contribution in [3.63, 3.8) is 0 Å². The standard InChI is InChI=1S/C48H38N2O2/c1-3-25-47(36-22-20-30-12-4-8-16-34(30)43(36)45-38(47)27-32-14-6-10-18-40(32)49-45)29-48(26-24-42(51)52-2)37-23-21-31-13-5-9-17-35(31)44(37)46-39(48)28-33-15-7-11-19-41(33)50-46/h4-23,27-28H,3,24-26,29H2,1-2H3. The Balaban J connectivity index is 1.33. The molecule has 0 fully saturated rings. The minimum absolute atomic E-state index is 0.195. The number of benzene rings is 6. The predicted molar refractivity (Wildman–Crippen MR) is 212 cm³/mol. The topological polar surface area (TPSA) is 52.1 Å². The van der Waals surface area contributed by atoms with Crippen LogP contribution in [-0.2, 0) is 20.4 Å². The van der Waals surface area contributed by atoms with Gasteiger partial charge < -0.3 is 4.74 Å². The van der Waals surface area contributed by atoms with Crippen LogP contribution in [0.1, 0.15) is 61.3 Å². The van der Waals surface area contributed by atoms with Crippen LogP contribution in [-0.4, -0.2) is 23.0 Å². The first-order chi connectivity index (χ1) is 25.5. The van der Waals surface area contributed by atoms with Gasteiger partial charge in [0.25, 0.3) is 0 Å². The van der Waals surface area contributed by atoms with Gasteiger partial charge in [-0.2, -0.15) is 0 Å². The van der Waals surface area contributed by atoms with Gasteiger partial charge in [-0.3, -0.25) is 4.79 Å². The maximum absolute atomic E-state index is 13.2. The third-order valence-corrected chi connectivity index (χ3v) is 12.1. The van der Waals surface area contributed by atoms with Gasteiger partial charge in [0.1, 0.15) is 0 Å². The highest BCUT2D eigenvalue weighted by Crippen LogP contribution is 2.63. The molecule has 10 rings (SSSR count). The SMILES string of the molecule is CCCC1(CC2(CCC(=O)OC)c3cc4ccccc4nc3-c3c2ccc2ccccc32)c2cc3ccccc3nc2-c2c1ccc1ccccc21. The van der Waals surface area contributed by atoms with Crippen LogP contribution >= 0.6 is 0 Å². The molecule has 0 spiro atoms. The van der Waals surface area contributed by atoms with Gasteiger partial charge in [-0.25, -0.2) is 9.97 Å². The van der Waals surface area contributed by atoms with Crippen molar-refractivity contribution in [3.8, 4) is 22.5 Å². The number of aromatic nitrogens is 2. The van der Waals surface area contributed by atoms with E-state index in [4.69, 9.17) is 14.7 Å². The van der Waals surface area contributed by atoms with Crippen LogP contribution in [0.5, 0.6) is 0 Å². The van der Waals surface area contributed by atoms with E-state index in [9.17, 15) is 4.79 Å². The summed E-state index contributed by atoms with van der Waals surface area (Å²) in [6.45, 7) is 2.30. The van der Waals surface area contributed by atoms with Gasteiger partial charge in [0.15, 0.2) is 0 Å². The Morgan fingerprint density at radius 1 is 0.558 bits per heavy atom. The second-order valence-corrected chi connectivity index (χ2v) is 14.7. The molecule has 2 heterocycles. The molecular weight excluding hydrogens is 637 g/mol. The van der Waals surface area contributed by atoms with Crippen LogP contribution in [0.2, 0.25) is 0 Å². The first-order valence-corrected chi connectivity index (χ1v) is 18.5. The lowest BCUT2D eigenvalue weighted by Crippen LogP contribution is -2.38. The zero-order chi connectivity index (χ0) is 35.0. The lowest BCUT2D eigenvalue weighted by atomic mass is 9.59. The molecule has 2 atom stereocenters. The fraction of sp³-hybridized carbons (Fsp3) is 0.188. The molecule has 0 radical (unpaired) electrons. The number of carbonyl (C=O) groups is 1. The van der Waals surface area contributed by atoms with E-state index in [0.29, 0.717) is 12.8 Å². The van der Waals surface area contributed by atoms with Crippen molar-refractivity contribution < 1.29 is 9.53 Å². The van der Waals surface area contributed by atoms with E-state index in [0.717, 1.165) is 52.5 Å². The Hall–Kier alpha value is -5.87. The quantitative estimate of drug-likeness (QED) is 0.158. The maximum atomic E-state index is 13.2. The van der Waals surface area contributed by atoms with Crippen molar-refractivity contribution in [2.75, 3.05) is 7.11 Å². The number of nitrogens with zero attached hydrogens (tertiary/aromatic N) is 2. The van der Waals surface area contributed by atoms with Crippen LogP contribution in [0.15, 0.2) is 133 Å². The van der Waals surface area contributed by atoms with E-state index >= 15 is 0 Å². The second kappa shape index (κ2) is 11.6. The number of pyridine rings is 2. The van der Waals surface area contributed by atoms with Gasteiger partial charge in [0, 0.05) is 39.2 Å². The Morgan fingerprint density at radius 2 is 1.02 bits per heavy atom. The molecule has 0 amide bonds. The summed E-state index contributed by atoms with van der Waals surface area (Å²) in [7, 11) is 1.50. The average molecular weight is 675 g/mol. The summed E-state index contributed by atoms with van der Waals surface area (Å²) in [5.41, 5.74) is 10.6. The van der Waals surface area contributed by atoms with Crippen LogP contribution in [0.4, 0.5) is 0 Å². The van der Waals surface area contributed by atoms with E-state index in [1.807, 2.05) is 0 Å². The monoisotopic (exact) mass is 674 g/mol. The molecule has 0 saturated heterocycles. The number of esters is 1. The van der Waals surface area contributed by atoms with Crippen molar-refractivity contribution in [2.45, 2.75) is 49.9 Å². The van der Waals surface area contributed by atoms with Crippen LogP contribution in [0, 0.1) is 0 Å². The van der Waals surface area contributed by atoms with Gasteiger partial charge in [-0.1, -0.05) is 123 Å². The Morgan fingerprint density at radius 3 is 1.52 bits per heavy atom. The molecule has 6 aromatic carbocycles. The number of ether oxygens (including phenoxy) is 1. The van der Waals surface area contributed by atoms with Crippen molar-refractivity contribution in [1.29, 1.82) is 0 Å². The second-order valence-electron chi connectivity index (χ2n) is 14.7. The minimum atomic E-state index is -0.550. The summed E-state index contributed by atoms with van der Waals surface area (Å²) in [4.78, 5) is 24.2. The highest BCUT2D eigenvalue weighted by molar-refractivity contribution is 6.05. The largest absolute Gasteiger partial charge is 0.469 e. The lowest BCUT2D eigenvalue weighted by molar-refractivity contribution is -0.141. The molecule has 2 aliphatic rings. The summed E-state index contributed by atoms with van der Waals surface area (Å²) in [5.74, 6) is -0.195. The van der Waals surface area contributed by atoms with Crippen molar-refractivity contribution in [1.82, 2.24) is 9.97 Å². The zero-order valence-electron chi connectivity index (χ0n) is 29.4. The fourth-order valence-corrected chi connectivity index (χ4v) is 9.94. The Bertz CT molecular complexity index is 2770. The van der Waals surface area contributed by atoms with Crippen molar-refractivity contribution in [2.24, 2.45) is 0 Å². The van der Waals surface area contributed by atoms with Gasteiger partial charge in [-0.05, 0) is 87.3 Å². The molecule has 0 bridgehead atoms. The van der Waals surface area contributed by atoms with Gasteiger partial charge >= 0.3 is 5.97 Å².